The molecule has 0 aliphatic carbocycles. The molecule has 3 aromatic carbocycles. The molecular formula is C29H27N5O5. The van der Waals surface area contributed by atoms with E-state index in [9.17, 15) is 9.59 Å². The molecule has 5 rings (SSSR count). The molecule has 0 amide bonds. The van der Waals surface area contributed by atoms with Crippen molar-refractivity contribution in [2.24, 2.45) is 0 Å². The maximum atomic E-state index is 13.4. The number of allylic oxidation sites excluding steroid dienone is 1. The van der Waals surface area contributed by atoms with Crippen LogP contribution >= 0.6 is 0 Å². The van der Waals surface area contributed by atoms with Crippen molar-refractivity contribution in [3.05, 3.63) is 112 Å². The van der Waals surface area contributed by atoms with Gasteiger partial charge in [-0.25, -0.2) is 9.59 Å². The number of aromatic nitrogens is 4. The number of nitrogens with zero attached hydrogens (tertiary/aromatic N) is 4. The van der Waals surface area contributed by atoms with Crippen LogP contribution in [0.5, 0.6) is 5.75 Å². The fourth-order valence-electron chi connectivity index (χ4n) is 4.32. The summed E-state index contributed by atoms with van der Waals surface area (Å²) in [6.07, 6.45) is 0. The highest BCUT2D eigenvalue weighted by Gasteiger charge is 2.36. The summed E-state index contributed by atoms with van der Waals surface area (Å²) in [5.74, 6) is 0.106. The van der Waals surface area contributed by atoms with Gasteiger partial charge < -0.3 is 19.5 Å². The summed E-state index contributed by atoms with van der Waals surface area (Å²) < 4.78 is 18.5. The highest BCUT2D eigenvalue weighted by atomic mass is 16.5. The smallest absolute Gasteiger partial charge is 0.338 e. The second kappa shape index (κ2) is 11.6. The summed E-state index contributed by atoms with van der Waals surface area (Å²) in [6, 6.07) is 23.3. The number of fused-ring (bicyclic) bond motifs is 1. The van der Waals surface area contributed by atoms with E-state index in [-0.39, 0.29) is 19.2 Å². The second-order valence-electron chi connectivity index (χ2n) is 8.82. The number of hydrogen-bond donors (Lipinski definition) is 1. The summed E-state index contributed by atoms with van der Waals surface area (Å²) in [5, 5.41) is 15.1. The van der Waals surface area contributed by atoms with Gasteiger partial charge >= 0.3 is 11.9 Å². The molecule has 198 valence electrons. The van der Waals surface area contributed by atoms with Gasteiger partial charge in [-0.1, -0.05) is 65.8 Å². The fourth-order valence-corrected chi connectivity index (χ4v) is 4.32. The van der Waals surface area contributed by atoms with Gasteiger partial charge in [0.25, 0.3) is 0 Å². The van der Waals surface area contributed by atoms with E-state index in [1.54, 1.807) is 30.7 Å². The molecule has 1 atom stereocenters. The fraction of sp³-hybridized carbons (Fsp3) is 0.207. The van der Waals surface area contributed by atoms with Crippen LogP contribution in [0.4, 0.5) is 5.95 Å². The highest BCUT2D eigenvalue weighted by Crippen LogP contribution is 2.39. The number of carbonyl (C=O) groups excluding carboxylic acids is 2. The standard InChI is InChI=1S/C29H27N5O5/c1-3-37-27(35)22-15-13-21(14-16-22)17-38-24-12-8-7-11-23(24)26-25(19(2)30-29-31-32-33-34(26)29)28(36)39-18-20-9-5-4-6-10-20/h4-16,26H,3,17-18H2,1-2H3,(H,30,31,33). The number of hydrogen-bond acceptors (Lipinski definition) is 9. The van der Waals surface area contributed by atoms with Gasteiger partial charge in [0.05, 0.1) is 17.7 Å². The lowest BCUT2D eigenvalue weighted by Crippen LogP contribution is -2.30. The number of para-hydroxylation sites is 1. The predicted octanol–water partition coefficient (Wildman–Crippen LogP) is 4.46. The van der Waals surface area contributed by atoms with Crippen LogP contribution in [-0.2, 0) is 27.5 Å². The minimum absolute atomic E-state index is 0.131. The Balaban J connectivity index is 1.40. The minimum Gasteiger partial charge on any atom is -0.489 e. The molecule has 0 fully saturated rings. The first-order valence-electron chi connectivity index (χ1n) is 12.5. The van der Waals surface area contributed by atoms with Crippen molar-refractivity contribution in [2.45, 2.75) is 33.1 Å². The van der Waals surface area contributed by atoms with E-state index < -0.39 is 12.0 Å². The summed E-state index contributed by atoms with van der Waals surface area (Å²) in [5.41, 5.74) is 3.87. The van der Waals surface area contributed by atoms with Crippen LogP contribution in [0.2, 0.25) is 0 Å². The number of carbonyl (C=O) groups is 2. The van der Waals surface area contributed by atoms with Crippen molar-refractivity contribution in [2.75, 3.05) is 11.9 Å². The maximum Gasteiger partial charge on any atom is 0.338 e. The Morgan fingerprint density at radius 2 is 1.59 bits per heavy atom. The lowest BCUT2D eigenvalue weighted by atomic mass is 9.95. The number of benzene rings is 3. The van der Waals surface area contributed by atoms with Gasteiger partial charge in [0.2, 0.25) is 5.95 Å². The molecule has 2 heterocycles. The Morgan fingerprint density at radius 3 is 2.36 bits per heavy atom. The van der Waals surface area contributed by atoms with Gasteiger partial charge in [-0.15, -0.1) is 0 Å². The maximum absolute atomic E-state index is 13.4. The SMILES string of the molecule is CCOC(=O)c1ccc(COc2ccccc2C2C(C(=O)OCc3ccccc3)=C(C)Nc3nnnn32)cc1. The first-order chi connectivity index (χ1) is 19.0. The van der Waals surface area contributed by atoms with Gasteiger partial charge in [0, 0.05) is 11.3 Å². The van der Waals surface area contributed by atoms with Gasteiger partial charge in [0.1, 0.15) is 25.0 Å². The third kappa shape index (κ3) is 5.64. The van der Waals surface area contributed by atoms with Gasteiger partial charge in [-0.2, -0.15) is 4.68 Å². The Labute approximate surface area is 225 Å². The third-order valence-electron chi connectivity index (χ3n) is 6.22. The van der Waals surface area contributed by atoms with Crippen molar-refractivity contribution in [1.82, 2.24) is 20.2 Å². The molecule has 1 aromatic heterocycles. The molecular weight excluding hydrogens is 498 g/mol. The normalized spacial score (nSPS) is 14.3. The molecule has 0 bridgehead atoms. The summed E-state index contributed by atoms with van der Waals surface area (Å²) in [6.45, 7) is 4.24. The first kappa shape index (κ1) is 25.7. The average molecular weight is 526 g/mol. The monoisotopic (exact) mass is 525 g/mol. The van der Waals surface area contributed by atoms with E-state index in [2.05, 4.69) is 20.8 Å². The topological polar surface area (TPSA) is 117 Å². The zero-order chi connectivity index (χ0) is 27.2. The highest BCUT2D eigenvalue weighted by molar-refractivity contribution is 5.92. The van der Waals surface area contributed by atoms with E-state index in [0.717, 1.165) is 11.1 Å². The number of rotatable bonds is 9. The average Bonchev–Trinajstić information content (AvgIpc) is 3.43. The van der Waals surface area contributed by atoms with Crippen LogP contribution in [0, 0.1) is 0 Å². The first-order valence-corrected chi connectivity index (χ1v) is 12.5. The zero-order valence-electron chi connectivity index (χ0n) is 21.5. The molecule has 10 nitrogen and oxygen atoms in total. The van der Waals surface area contributed by atoms with Crippen molar-refractivity contribution in [1.29, 1.82) is 0 Å². The predicted molar refractivity (Wildman–Crippen MR) is 142 cm³/mol. The summed E-state index contributed by atoms with van der Waals surface area (Å²) in [7, 11) is 0. The van der Waals surface area contributed by atoms with Crippen LogP contribution < -0.4 is 10.1 Å². The number of ether oxygens (including phenoxy) is 3. The summed E-state index contributed by atoms with van der Waals surface area (Å²) in [4.78, 5) is 25.4. The second-order valence-corrected chi connectivity index (χ2v) is 8.82. The van der Waals surface area contributed by atoms with Crippen molar-refractivity contribution >= 4 is 17.9 Å². The largest absolute Gasteiger partial charge is 0.489 e. The number of nitrogens with one attached hydrogen (secondary N) is 1. The van der Waals surface area contributed by atoms with Crippen molar-refractivity contribution in [3.8, 4) is 5.75 Å². The van der Waals surface area contributed by atoms with Crippen molar-refractivity contribution < 1.29 is 23.8 Å². The lowest BCUT2D eigenvalue weighted by Gasteiger charge is -2.28. The summed E-state index contributed by atoms with van der Waals surface area (Å²) >= 11 is 0. The Bertz CT molecular complexity index is 1500. The Hall–Kier alpha value is -4.99. The molecule has 0 saturated heterocycles. The lowest BCUT2D eigenvalue weighted by molar-refractivity contribution is -0.140. The van der Waals surface area contributed by atoms with E-state index >= 15 is 0 Å². The van der Waals surface area contributed by atoms with Gasteiger partial charge in [-0.05, 0) is 53.6 Å². The van der Waals surface area contributed by atoms with Crippen LogP contribution in [0.3, 0.4) is 0 Å². The number of anilines is 1. The van der Waals surface area contributed by atoms with Crippen LogP contribution in [-0.4, -0.2) is 38.8 Å². The number of esters is 2. The van der Waals surface area contributed by atoms with Crippen LogP contribution in [0.15, 0.2) is 90.1 Å². The molecule has 1 N–H and O–H groups in total. The van der Waals surface area contributed by atoms with Crippen molar-refractivity contribution in [3.63, 3.8) is 0 Å². The molecule has 10 heteroatoms. The molecule has 1 unspecified atom stereocenters. The van der Waals surface area contributed by atoms with Gasteiger partial charge in [0.15, 0.2) is 0 Å². The van der Waals surface area contributed by atoms with E-state index in [1.807, 2.05) is 66.7 Å². The minimum atomic E-state index is -0.679. The molecule has 1 aliphatic heterocycles. The van der Waals surface area contributed by atoms with Crippen LogP contribution in [0.25, 0.3) is 0 Å². The quantitative estimate of drug-likeness (QED) is 0.316. The molecule has 4 aromatic rings. The third-order valence-corrected chi connectivity index (χ3v) is 6.22. The van der Waals surface area contributed by atoms with E-state index in [1.165, 1.54) is 0 Å². The Morgan fingerprint density at radius 1 is 0.872 bits per heavy atom. The molecule has 0 radical (unpaired) electrons. The van der Waals surface area contributed by atoms with Crippen LogP contribution in [0.1, 0.15) is 46.9 Å². The molecule has 0 spiro atoms. The zero-order valence-corrected chi connectivity index (χ0v) is 21.5. The Kier molecular flexibility index (Phi) is 7.63. The number of tetrazole rings is 1. The molecule has 1 aliphatic rings. The molecule has 39 heavy (non-hydrogen) atoms. The van der Waals surface area contributed by atoms with E-state index in [0.29, 0.717) is 40.7 Å². The van der Waals surface area contributed by atoms with E-state index in [4.69, 9.17) is 14.2 Å². The van der Waals surface area contributed by atoms with Gasteiger partial charge in [-0.3, -0.25) is 0 Å². The molecule has 0 saturated carbocycles.